The number of hydrogen-bond acceptors (Lipinski definition) is 4. The standard InChI is InChI=1S/C16H24ClFN2O3S/c1-23-8-7-20-6-2-3-13(11-20)10-19-24(21,22)12-14-4-5-15(17)9-16(14)18/h4-5,9,13,19H,2-3,6-8,10-12H2,1H3. The molecule has 0 spiro atoms. The molecule has 1 unspecified atom stereocenters. The Morgan fingerprint density at radius 1 is 1.46 bits per heavy atom. The zero-order chi connectivity index (χ0) is 17.6. The molecule has 1 aromatic carbocycles. The normalized spacial score (nSPS) is 19.5. The molecule has 1 fully saturated rings. The molecule has 0 saturated carbocycles. The lowest BCUT2D eigenvalue weighted by atomic mass is 9.98. The summed E-state index contributed by atoms with van der Waals surface area (Å²) >= 11 is 5.68. The monoisotopic (exact) mass is 378 g/mol. The van der Waals surface area contributed by atoms with Crippen LogP contribution in [-0.2, 0) is 20.5 Å². The molecule has 0 amide bonds. The fourth-order valence-electron chi connectivity index (χ4n) is 2.88. The van der Waals surface area contributed by atoms with E-state index in [0.29, 0.717) is 13.2 Å². The first kappa shape index (κ1) is 19.6. The van der Waals surface area contributed by atoms with E-state index in [1.807, 2.05) is 0 Å². The molecule has 2 rings (SSSR count). The van der Waals surface area contributed by atoms with Crippen molar-refractivity contribution >= 4 is 21.6 Å². The predicted molar refractivity (Wildman–Crippen MR) is 93.1 cm³/mol. The van der Waals surface area contributed by atoms with Crippen molar-refractivity contribution in [2.75, 3.05) is 39.9 Å². The van der Waals surface area contributed by atoms with Crippen molar-refractivity contribution in [3.63, 3.8) is 0 Å². The molecule has 5 nitrogen and oxygen atoms in total. The Labute approximate surface area is 148 Å². The van der Waals surface area contributed by atoms with Gasteiger partial charge in [0.15, 0.2) is 0 Å². The Balaban J connectivity index is 1.85. The molecule has 1 N–H and O–H groups in total. The Hall–Kier alpha value is -0.730. The number of ether oxygens (including phenoxy) is 1. The van der Waals surface area contributed by atoms with Crippen molar-refractivity contribution in [2.45, 2.75) is 18.6 Å². The van der Waals surface area contributed by atoms with Crippen LogP contribution in [0.2, 0.25) is 5.02 Å². The number of piperidine rings is 1. The fraction of sp³-hybridized carbons (Fsp3) is 0.625. The minimum atomic E-state index is -3.58. The molecule has 8 heteroatoms. The van der Waals surface area contributed by atoms with Crippen LogP contribution in [-0.4, -0.2) is 53.2 Å². The number of benzene rings is 1. The van der Waals surface area contributed by atoms with Crippen molar-refractivity contribution in [2.24, 2.45) is 5.92 Å². The van der Waals surface area contributed by atoms with Crippen LogP contribution in [0.15, 0.2) is 18.2 Å². The van der Waals surface area contributed by atoms with Gasteiger partial charge in [0, 0.05) is 37.3 Å². The second-order valence-corrected chi connectivity index (χ2v) is 8.39. The maximum absolute atomic E-state index is 13.8. The van der Waals surface area contributed by atoms with Gasteiger partial charge in [0.25, 0.3) is 0 Å². The number of hydrogen-bond donors (Lipinski definition) is 1. The molecular weight excluding hydrogens is 355 g/mol. The van der Waals surface area contributed by atoms with Crippen LogP contribution in [0.25, 0.3) is 0 Å². The first-order chi connectivity index (χ1) is 11.4. The average molecular weight is 379 g/mol. The minimum absolute atomic E-state index is 0.122. The predicted octanol–water partition coefficient (Wildman–Crippen LogP) is 2.26. The molecule has 1 aliphatic heterocycles. The average Bonchev–Trinajstić information content (AvgIpc) is 2.54. The Morgan fingerprint density at radius 2 is 2.25 bits per heavy atom. The number of sulfonamides is 1. The van der Waals surface area contributed by atoms with Gasteiger partial charge < -0.3 is 9.64 Å². The highest BCUT2D eigenvalue weighted by molar-refractivity contribution is 7.88. The lowest BCUT2D eigenvalue weighted by Gasteiger charge is -2.32. The van der Waals surface area contributed by atoms with Crippen molar-refractivity contribution < 1.29 is 17.5 Å². The maximum atomic E-state index is 13.8. The molecule has 1 saturated heterocycles. The number of halogens is 2. The summed E-state index contributed by atoms with van der Waals surface area (Å²) in [6, 6.07) is 4.02. The lowest BCUT2D eigenvalue weighted by Crippen LogP contribution is -2.42. The smallest absolute Gasteiger partial charge is 0.215 e. The van der Waals surface area contributed by atoms with Crippen molar-refractivity contribution in [3.05, 3.63) is 34.6 Å². The molecule has 1 aromatic rings. The Bertz CT molecular complexity index is 642. The van der Waals surface area contributed by atoms with E-state index in [9.17, 15) is 12.8 Å². The van der Waals surface area contributed by atoms with E-state index in [-0.39, 0.29) is 22.3 Å². The van der Waals surface area contributed by atoms with Crippen LogP contribution in [0.1, 0.15) is 18.4 Å². The van der Waals surface area contributed by atoms with Crippen molar-refractivity contribution in [1.29, 1.82) is 0 Å². The number of nitrogens with one attached hydrogen (secondary N) is 1. The Morgan fingerprint density at radius 3 is 2.96 bits per heavy atom. The summed E-state index contributed by atoms with van der Waals surface area (Å²) in [5.74, 6) is -0.715. The first-order valence-electron chi connectivity index (χ1n) is 8.02. The van der Waals surface area contributed by atoms with E-state index in [0.717, 1.165) is 38.5 Å². The van der Waals surface area contributed by atoms with Gasteiger partial charge in [-0.15, -0.1) is 0 Å². The molecule has 0 aromatic heterocycles. The topological polar surface area (TPSA) is 58.6 Å². The van der Waals surface area contributed by atoms with Gasteiger partial charge in [0.2, 0.25) is 10.0 Å². The second kappa shape index (κ2) is 9.10. The maximum Gasteiger partial charge on any atom is 0.215 e. The zero-order valence-corrected chi connectivity index (χ0v) is 15.4. The van der Waals surface area contributed by atoms with Gasteiger partial charge in [-0.05, 0) is 37.4 Å². The molecule has 1 atom stereocenters. The number of likely N-dealkylation sites (tertiary alicyclic amines) is 1. The number of rotatable bonds is 8. The summed E-state index contributed by atoms with van der Waals surface area (Å²) in [4.78, 5) is 2.28. The summed E-state index contributed by atoms with van der Waals surface area (Å²) in [7, 11) is -1.91. The number of nitrogens with zero attached hydrogens (tertiary/aromatic N) is 1. The van der Waals surface area contributed by atoms with E-state index in [1.165, 1.54) is 12.1 Å². The quantitative estimate of drug-likeness (QED) is 0.753. The molecule has 0 bridgehead atoms. The van der Waals surface area contributed by atoms with Crippen LogP contribution in [0.3, 0.4) is 0 Å². The molecular formula is C16H24ClFN2O3S. The largest absolute Gasteiger partial charge is 0.383 e. The van der Waals surface area contributed by atoms with Gasteiger partial charge in [0.05, 0.1) is 12.4 Å². The van der Waals surface area contributed by atoms with E-state index >= 15 is 0 Å². The van der Waals surface area contributed by atoms with Crippen LogP contribution in [0, 0.1) is 11.7 Å². The third kappa shape index (κ3) is 6.29. The van der Waals surface area contributed by atoms with Gasteiger partial charge >= 0.3 is 0 Å². The summed E-state index contributed by atoms with van der Waals surface area (Å²) in [6.45, 7) is 3.77. The lowest BCUT2D eigenvalue weighted by molar-refractivity contribution is 0.115. The van der Waals surface area contributed by atoms with E-state index in [2.05, 4.69) is 9.62 Å². The highest BCUT2D eigenvalue weighted by Gasteiger charge is 2.22. The molecule has 0 aliphatic carbocycles. The fourth-order valence-corrected chi connectivity index (χ4v) is 4.27. The summed E-state index contributed by atoms with van der Waals surface area (Å²) in [5, 5.41) is 0.250. The van der Waals surface area contributed by atoms with Crippen molar-refractivity contribution in [1.82, 2.24) is 9.62 Å². The first-order valence-corrected chi connectivity index (χ1v) is 10.0. The third-order valence-electron chi connectivity index (χ3n) is 4.17. The van der Waals surface area contributed by atoms with Gasteiger partial charge in [-0.1, -0.05) is 17.7 Å². The SMILES string of the molecule is COCCN1CCCC(CNS(=O)(=O)Cc2ccc(Cl)cc2F)C1. The molecule has 24 heavy (non-hydrogen) atoms. The van der Waals surface area contributed by atoms with E-state index in [1.54, 1.807) is 7.11 Å². The van der Waals surface area contributed by atoms with Gasteiger partial charge in [-0.25, -0.2) is 17.5 Å². The second-order valence-electron chi connectivity index (χ2n) is 6.14. The van der Waals surface area contributed by atoms with Crippen LogP contribution >= 0.6 is 11.6 Å². The summed E-state index contributed by atoms with van der Waals surface area (Å²) < 4.78 is 45.8. The Kier molecular flexibility index (Phi) is 7.43. The zero-order valence-electron chi connectivity index (χ0n) is 13.8. The van der Waals surface area contributed by atoms with E-state index < -0.39 is 15.8 Å². The molecule has 1 heterocycles. The van der Waals surface area contributed by atoms with Crippen LogP contribution < -0.4 is 4.72 Å². The molecule has 1 aliphatic rings. The minimum Gasteiger partial charge on any atom is -0.383 e. The summed E-state index contributed by atoms with van der Waals surface area (Å²) in [5.41, 5.74) is 0.122. The van der Waals surface area contributed by atoms with Gasteiger partial charge in [0.1, 0.15) is 5.82 Å². The van der Waals surface area contributed by atoms with E-state index in [4.69, 9.17) is 16.3 Å². The van der Waals surface area contributed by atoms with Crippen molar-refractivity contribution in [3.8, 4) is 0 Å². The number of methoxy groups -OCH3 is 1. The van der Waals surface area contributed by atoms with Gasteiger partial charge in [-0.2, -0.15) is 0 Å². The molecule has 0 radical (unpaired) electrons. The third-order valence-corrected chi connectivity index (χ3v) is 5.70. The van der Waals surface area contributed by atoms with Crippen LogP contribution in [0.5, 0.6) is 0 Å². The van der Waals surface area contributed by atoms with Gasteiger partial charge in [-0.3, -0.25) is 0 Å². The molecule has 136 valence electrons. The highest BCUT2D eigenvalue weighted by Crippen LogP contribution is 2.18. The van der Waals surface area contributed by atoms with Crippen LogP contribution in [0.4, 0.5) is 4.39 Å². The highest BCUT2D eigenvalue weighted by atomic mass is 35.5. The summed E-state index contributed by atoms with van der Waals surface area (Å²) in [6.07, 6.45) is 2.03.